The van der Waals surface area contributed by atoms with E-state index in [4.69, 9.17) is 4.74 Å². The lowest BCUT2D eigenvalue weighted by Crippen LogP contribution is -2.37. The molecule has 1 saturated carbocycles. The second-order valence-electron chi connectivity index (χ2n) is 4.62. The first-order chi connectivity index (χ1) is 6.12. The Bertz CT molecular complexity index is 309. The Kier molecular flexibility index (Phi) is 1.20. The van der Waals surface area contributed by atoms with Gasteiger partial charge in [0.1, 0.15) is 11.6 Å². The zero-order chi connectivity index (χ0) is 9.22. The summed E-state index contributed by atoms with van der Waals surface area (Å²) in [5.74, 6) is 0.0214. The highest BCUT2D eigenvalue weighted by Crippen LogP contribution is 2.54. The van der Waals surface area contributed by atoms with Crippen LogP contribution in [0.1, 0.15) is 26.2 Å². The number of Topliss-reactive ketones (excluding diaryl/α,β-unsaturated/α-hetero) is 2. The van der Waals surface area contributed by atoms with Gasteiger partial charge in [0, 0.05) is 0 Å². The molecule has 3 fully saturated rings. The number of ketones is 2. The Balaban J connectivity index is 2.08. The van der Waals surface area contributed by atoms with Crippen molar-refractivity contribution in [2.24, 2.45) is 11.8 Å². The van der Waals surface area contributed by atoms with Crippen LogP contribution in [0, 0.1) is 11.8 Å². The molecule has 2 heterocycles. The van der Waals surface area contributed by atoms with Gasteiger partial charge in [-0.15, -0.1) is 0 Å². The summed E-state index contributed by atoms with van der Waals surface area (Å²) in [4.78, 5) is 23.1. The molecule has 0 amide bonds. The lowest BCUT2D eigenvalue weighted by molar-refractivity contribution is -0.127. The van der Waals surface area contributed by atoms with Crippen LogP contribution in [0.3, 0.4) is 0 Å². The quantitative estimate of drug-likeness (QED) is 0.516. The van der Waals surface area contributed by atoms with E-state index in [2.05, 4.69) is 0 Å². The fourth-order valence-corrected chi connectivity index (χ4v) is 3.30. The Labute approximate surface area is 76.4 Å². The third kappa shape index (κ3) is 0.742. The smallest absolute Gasteiger partial charge is 0.147 e. The van der Waals surface area contributed by atoms with Gasteiger partial charge < -0.3 is 4.74 Å². The van der Waals surface area contributed by atoms with Crippen LogP contribution in [0.5, 0.6) is 0 Å². The van der Waals surface area contributed by atoms with Gasteiger partial charge in [-0.05, 0) is 19.8 Å². The minimum absolute atomic E-state index is 0.0500. The van der Waals surface area contributed by atoms with Gasteiger partial charge in [-0.2, -0.15) is 0 Å². The van der Waals surface area contributed by atoms with Crippen LogP contribution in [0.15, 0.2) is 0 Å². The van der Waals surface area contributed by atoms with Crippen LogP contribution in [-0.4, -0.2) is 23.3 Å². The average Bonchev–Trinajstić information content (AvgIpc) is 2.62. The van der Waals surface area contributed by atoms with E-state index in [1.54, 1.807) is 0 Å². The summed E-state index contributed by atoms with van der Waals surface area (Å²) in [6.07, 6.45) is 2.10. The third-order valence-corrected chi connectivity index (χ3v) is 3.83. The van der Waals surface area contributed by atoms with E-state index in [9.17, 15) is 9.59 Å². The predicted octanol–water partition coefficient (Wildman–Crippen LogP) is 0.712. The van der Waals surface area contributed by atoms with Gasteiger partial charge in [0.2, 0.25) is 0 Å². The summed E-state index contributed by atoms with van der Waals surface area (Å²) < 4.78 is 5.73. The Morgan fingerprint density at radius 2 is 2.15 bits per heavy atom. The number of ether oxygens (including phenoxy) is 1. The van der Waals surface area contributed by atoms with Gasteiger partial charge >= 0.3 is 0 Å². The molecule has 0 N–H and O–H groups in total. The van der Waals surface area contributed by atoms with Gasteiger partial charge in [0.15, 0.2) is 0 Å². The maximum absolute atomic E-state index is 11.6. The number of carbonyl (C=O) groups is 2. The molecule has 2 saturated heterocycles. The van der Waals surface area contributed by atoms with Crippen molar-refractivity contribution in [3.8, 4) is 0 Å². The minimum Gasteiger partial charge on any atom is -0.371 e. The molecule has 3 rings (SSSR count). The molecule has 70 valence electrons. The highest BCUT2D eigenvalue weighted by Gasteiger charge is 2.64. The van der Waals surface area contributed by atoms with E-state index >= 15 is 0 Å². The van der Waals surface area contributed by atoms with Gasteiger partial charge in [0.05, 0.1) is 30.0 Å². The SMILES string of the molecule is C[C@]12CC[C@H](O1)[C@@H]1C(=O)CC(=O)[C@@H]12. The zero-order valence-electron chi connectivity index (χ0n) is 7.58. The van der Waals surface area contributed by atoms with Gasteiger partial charge in [-0.25, -0.2) is 0 Å². The number of hydrogen-bond donors (Lipinski definition) is 0. The molecule has 0 aromatic carbocycles. The predicted molar refractivity (Wildman–Crippen MR) is 44.1 cm³/mol. The van der Waals surface area contributed by atoms with Crippen LogP contribution < -0.4 is 0 Å². The monoisotopic (exact) mass is 180 g/mol. The molecule has 3 heteroatoms. The Morgan fingerprint density at radius 3 is 2.85 bits per heavy atom. The van der Waals surface area contributed by atoms with Crippen molar-refractivity contribution in [3.05, 3.63) is 0 Å². The second-order valence-corrected chi connectivity index (χ2v) is 4.62. The van der Waals surface area contributed by atoms with Crippen molar-refractivity contribution < 1.29 is 14.3 Å². The first-order valence-corrected chi connectivity index (χ1v) is 4.85. The van der Waals surface area contributed by atoms with Crippen molar-refractivity contribution in [2.45, 2.75) is 37.9 Å². The summed E-state index contributed by atoms with van der Waals surface area (Å²) in [6, 6.07) is 0. The largest absolute Gasteiger partial charge is 0.371 e. The molecule has 2 bridgehead atoms. The van der Waals surface area contributed by atoms with Crippen LogP contribution in [0.2, 0.25) is 0 Å². The van der Waals surface area contributed by atoms with Gasteiger partial charge in [-0.1, -0.05) is 0 Å². The summed E-state index contributed by atoms with van der Waals surface area (Å²) in [5.41, 5.74) is -0.307. The molecular weight excluding hydrogens is 168 g/mol. The molecule has 0 spiro atoms. The summed E-state index contributed by atoms with van der Waals surface area (Å²) in [6.45, 7) is 1.98. The fourth-order valence-electron chi connectivity index (χ4n) is 3.30. The van der Waals surface area contributed by atoms with E-state index in [-0.39, 0.29) is 41.5 Å². The van der Waals surface area contributed by atoms with E-state index in [1.165, 1.54) is 0 Å². The lowest BCUT2D eigenvalue weighted by atomic mass is 9.74. The molecule has 1 aliphatic carbocycles. The highest BCUT2D eigenvalue weighted by molar-refractivity contribution is 6.10. The van der Waals surface area contributed by atoms with Crippen LogP contribution in [0.4, 0.5) is 0 Å². The maximum Gasteiger partial charge on any atom is 0.147 e. The van der Waals surface area contributed by atoms with Gasteiger partial charge in [0.25, 0.3) is 0 Å². The molecular formula is C10H12O3. The number of carbonyl (C=O) groups excluding carboxylic acids is 2. The second kappa shape index (κ2) is 2.03. The average molecular weight is 180 g/mol. The summed E-state index contributed by atoms with van der Waals surface area (Å²) >= 11 is 0. The minimum atomic E-state index is -0.307. The molecule has 0 aromatic heterocycles. The van der Waals surface area contributed by atoms with E-state index < -0.39 is 0 Å². The molecule has 0 radical (unpaired) electrons. The van der Waals surface area contributed by atoms with Crippen molar-refractivity contribution in [3.63, 3.8) is 0 Å². The standard InChI is InChI=1S/C10H12O3/c1-10-3-2-7(13-10)8-5(11)4-6(12)9(8)10/h7-9H,2-4H2,1H3/t7-,8-,9-,10+/m0/s1. The molecule has 0 unspecified atom stereocenters. The number of hydrogen-bond acceptors (Lipinski definition) is 3. The molecule has 3 aliphatic rings. The molecule has 4 atom stereocenters. The van der Waals surface area contributed by atoms with E-state index in [1.807, 2.05) is 6.92 Å². The summed E-state index contributed by atoms with van der Waals surface area (Å²) in [7, 11) is 0. The number of fused-ring (bicyclic) bond motifs is 5. The molecule has 3 nitrogen and oxygen atoms in total. The number of rotatable bonds is 0. The first-order valence-electron chi connectivity index (χ1n) is 4.85. The van der Waals surface area contributed by atoms with Crippen molar-refractivity contribution >= 4 is 11.6 Å². The van der Waals surface area contributed by atoms with Gasteiger partial charge in [-0.3, -0.25) is 9.59 Å². The summed E-state index contributed by atoms with van der Waals surface area (Å²) in [5, 5.41) is 0. The van der Waals surface area contributed by atoms with Crippen molar-refractivity contribution in [2.75, 3.05) is 0 Å². The Morgan fingerprint density at radius 1 is 1.38 bits per heavy atom. The molecule has 2 aliphatic heterocycles. The molecule has 13 heavy (non-hydrogen) atoms. The van der Waals surface area contributed by atoms with E-state index in [0.29, 0.717) is 0 Å². The highest BCUT2D eigenvalue weighted by atomic mass is 16.5. The maximum atomic E-state index is 11.6. The van der Waals surface area contributed by atoms with Crippen LogP contribution >= 0.6 is 0 Å². The van der Waals surface area contributed by atoms with Crippen LogP contribution in [-0.2, 0) is 14.3 Å². The molecule has 0 aromatic rings. The first kappa shape index (κ1) is 7.68. The normalized spacial score (nSPS) is 53.2. The topological polar surface area (TPSA) is 43.4 Å². The fraction of sp³-hybridized carbons (Fsp3) is 0.800. The van der Waals surface area contributed by atoms with Crippen LogP contribution in [0.25, 0.3) is 0 Å². The van der Waals surface area contributed by atoms with Crippen molar-refractivity contribution in [1.82, 2.24) is 0 Å². The van der Waals surface area contributed by atoms with E-state index in [0.717, 1.165) is 12.8 Å². The zero-order valence-corrected chi connectivity index (χ0v) is 7.58. The Hall–Kier alpha value is -0.700. The lowest BCUT2D eigenvalue weighted by Gasteiger charge is -2.26. The van der Waals surface area contributed by atoms with Crippen molar-refractivity contribution in [1.29, 1.82) is 0 Å². The third-order valence-electron chi connectivity index (χ3n) is 3.83.